The molecule has 146 valence electrons. The van der Waals surface area contributed by atoms with Crippen LogP contribution < -0.4 is 16.6 Å². The van der Waals surface area contributed by atoms with E-state index in [1.54, 1.807) is 11.4 Å². The highest BCUT2D eigenvalue weighted by Gasteiger charge is 2.20. The Labute approximate surface area is 167 Å². The average molecular weight is 418 g/mol. The summed E-state index contributed by atoms with van der Waals surface area (Å²) in [6.07, 6.45) is 0.793. The summed E-state index contributed by atoms with van der Waals surface area (Å²) in [6.45, 7) is 4.00. The molecule has 1 N–H and O–H groups in total. The largest absolute Gasteiger partial charge is 0.352 e. The highest BCUT2D eigenvalue weighted by molar-refractivity contribution is 7.17. The van der Waals surface area contributed by atoms with Crippen LogP contribution >= 0.6 is 22.7 Å². The zero-order chi connectivity index (χ0) is 19.8. The lowest BCUT2D eigenvalue weighted by atomic mass is 10.2. The normalized spacial score (nSPS) is 12.6. The van der Waals surface area contributed by atoms with Gasteiger partial charge in [0.15, 0.2) is 0 Å². The number of hydrogen-bond acceptors (Lipinski definition) is 6. The van der Waals surface area contributed by atoms with Crippen LogP contribution in [0.1, 0.15) is 25.1 Å². The molecule has 0 aliphatic heterocycles. The number of carbonyl (C=O) groups is 1. The Morgan fingerprint density at radius 2 is 2.07 bits per heavy atom. The minimum Gasteiger partial charge on any atom is -0.352 e. The highest BCUT2D eigenvalue weighted by Crippen LogP contribution is 2.18. The standard InChI is InChI=1S/C18H19N5O3S2/c1-3-11(2)19-14(24)10-22-18(26)23-13-6-8-28-15(13)16(25)21(17(23)20-22)9-12-5-4-7-27-12/h4-8,11H,3,9-10H2,1-2H3,(H,19,24)/t11-/m1/s1. The number of fused-ring (bicyclic) bond motifs is 3. The van der Waals surface area contributed by atoms with Crippen LogP contribution in [0.5, 0.6) is 0 Å². The van der Waals surface area contributed by atoms with Crippen molar-refractivity contribution in [1.82, 2.24) is 24.1 Å². The molecule has 4 aromatic rings. The summed E-state index contributed by atoms with van der Waals surface area (Å²) in [4.78, 5) is 39.2. The van der Waals surface area contributed by atoms with E-state index in [2.05, 4.69) is 10.4 Å². The zero-order valence-corrected chi connectivity index (χ0v) is 17.0. The topological polar surface area (TPSA) is 90.4 Å². The molecule has 0 unspecified atom stereocenters. The first-order valence-electron chi connectivity index (χ1n) is 8.91. The third-order valence-corrected chi connectivity index (χ3v) is 6.35. The second-order valence-electron chi connectivity index (χ2n) is 6.56. The van der Waals surface area contributed by atoms with Crippen LogP contribution in [0.2, 0.25) is 0 Å². The molecule has 4 rings (SSSR count). The molecule has 28 heavy (non-hydrogen) atoms. The van der Waals surface area contributed by atoms with Gasteiger partial charge in [-0.3, -0.25) is 14.2 Å². The number of rotatable bonds is 6. The fourth-order valence-electron chi connectivity index (χ4n) is 3.00. The Morgan fingerprint density at radius 3 is 2.79 bits per heavy atom. The number of amides is 1. The van der Waals surface area contributed by atoms with Crippen LogP contribution in [0.4, 0.5) is 0 Å². The Balaban J connectivity index is 1.86. The molecule has 0 spiro atoms. The highest BCUT2D eigenvalue weighted by atomic mass is 32.1. The van der Waals surface area contributed by atoms with E-state index < -0.39 is 5.69 Å². The van der Waals surface area contributed by atoms with Gasteiger partial charge in [-0.15, -0.1) is 27.8 Å². The van der Waals surface area contributed by atoms with Gasteiger partial charge in [-0.2, -0.15) is 0 Å². The van der Waals surface area contributed by atoms with Gasteiger partial charge in [0, 0.05) is 10.9 Å². The van der Waals surface area contributed by atoms with Gasteiger partial charge in [0.05, 0.1) is 12.1 Å². The van der Waals surface area contributed by atoms with E-state index in [-0.39, 0.29) is 29.8 Å². The van der Waals surface area contributed by atoms with E-state index in [1.165, 1.54) is 31.6 Å². The number of nitrogens with one attached hydrogen (secondary N) is 1. The molecule has 0 aromatic carbocycles. The van der Waals surface area contributed by atoms with E-state index in [4.69, 9.17) is 0 Å². The Morgan fingerprint density at radius 1 is 1.25 bits per heavy atom. The smallest absolute Gasteiger partial charge is 0.352 e. The fourth-order valence-corrected chi connectivity index (χ4v) is 4.51. The van der Waals surface area contributed by atoms with Gasteiger partial charge in [0.25, 0.3) is 5.56 Å². The van der Waals surface area contributed by atoms with Crippen molar-refractivity contribution in [3.63, 3.8) is 0 Å². The molecule has 0 aliphatic rings. The van der Waals surface area contributed by atoms with Gasteiger partial charge in [-0.25, -0.2) is 13.9 Å². The Bertz CT molecular complexity index is 1260. The lowest BCUT2D eigenvalue weighted by Gasteiger charge is -2.10. The summed E-state index contributed by atoms with van der Waals surface area (Å²) in [5, 5.41) is 10.9. The first-order chi connectivity index (χ1) is 13.5. The molecule has 1 amide bonds. The molecule has 0 radical (unpaired) electrons. The van der Waals surface area contributed by atoms with Crippen molar-refractivity contribution in [1.29, 1.82) is 0 Å². The van der Waals surface area contributed by atoms with Gasteiger partial charge < -0.3 is 5.32 Å². The number of nitrogens with zero attached hydrogens (tertiary/aromatic N) is 4. The Hall–Kier alpha value is -2.72. The summed E-state index contributed by atoms with van der Waals surface area (Å²) in [5.41, 5.74) is -0.101. The number of aromatic nitrogens is 4. The second-order valence-corrected chi connectivity index (χ2v) is 8.51. The minimum atomic E-state index is -0.433. The van der Waals surface area contributed by atoms with Crippen LogP contribution in [-0.4, -0.2) is 30.7 Å². The van der Waals surface area contributed by atoms with Gasteiger partial charge in [0.2, 0.25) is 11.7 Å². The predicted octanol–water partition coefficient (Wildman–Crippen LogP) is 1.90. The third kappa shape index (κ3) is 3.18. The zero-order valence-electron chi connectivity index (χ0n) is 15.4. The number of hydrogen-bond donors (Lipinski definition) is 1. The molecular weight excluding hydrogens is 398 g/mol. The molecule has 0 saturated heterocycles. The molecular formula is C18H19N5O3S2. The van der Waals surface area contributed by atoms with E-state index in [0.29, 0.717) is 16.8 Å². The van der Waals surface area contributed by atoms with E-state index in [1.807, 2.05) is 31.4 Å². The predicted molar refractivity (Wildman–Crippen MR) is 110 cm³/mol. The number of carbonyl (C=O) groups excluding carboxylic acids is 1. The summed E-state index contributed by atoms with van der Waals surface area (Å²) in [6, 6.07) is 5.59. The molecule has 0 aliphatic carbocycles. The van der Waals surface area contributed by atoms with Crippen LogP contribution in [0, 0.1) is 0 Å². The van der Waals surface area contributed by atoms with Crippen molar-refractivity contribution < 1.29 is 4.79 Å². The molecule has 4 heterocycles. The quantitative estimate of drug-likeness (QED) is 0.519. The molecule has 0 fully saturated rings. The lowest BCUT2D eigenvalue weighted by molar-refractivity contribution is -0.122. The number of thiophene rings is 2. The van der Waals surface area contributed by atoms with E-state index in [9.17, 15) is 14.4 Å². The SMILES string of the molecule is CC[C@@H](C)NC(=O)Cn1nc2n(Cc3cccs3)c(=O)c3sccc3n2c1=O. The van der Waals surface area contributed by atoms with Crippen molar-refractivity contribution in [3.8, 4) is 0 Å². The van der Waals surface area contributed by atoms with Gasteiger partial charge in [-0.05, 0) is 36.2 Å². The lowest BCUT2D eigenvalue weighted by Crippen LogP contribution is -2.37. The first-order valence-corrected chi connectivity index (χ1v) is 10.7. The Kier molecular flexibility index (Phi) is 4.90. The van der Waals surface area contributed by atoms with Crippen LogP contribution in [0.3, 0.4) is 0 Å². The van der Waals surface area contributed by atoms with Crippen molar-refractivity contribution in [2.75, 3.05) is 0 Å². The minimum absolute atomic E-state index is 0.0147. The molecule has 0 saturated carbocycles. The van der Waals surface area contributed by atoms with Crippen LogP contribution in [0.15, 0.2) is 38.5 Å². The fraction of sp³-hybridized carbons (Fsp3) is 0.333. The maximum Gasteiger partial charge on any atom is 0.352 e. The second kappa shape index (κ2) is 7.36. The van der Waals surface area contributed by atoms with Crippen molar-refractivity contribution in [2.24, 2.45) is 0 Å². The summed E-state index contributed by atoms with van der Waals surface area (Å²) < 4.78 is 4.52. The molecule has 10 heteroatoms. The van der Waals surface area contributed by atoms with Crippen LogP contribution in [-0.2, 0) is 17.9 Å². The summed E-state index contributed by atoms with van der Waals surface area (Å²) in [7, 11) is 0. The molecule has 8 nitrogen and oxygen atoms in total. The summed E-state index contributed by atoms with van der Waals surface area (Å²) >= 11 is 2.82. The van der Waals surface area contributed by atoms with E-state index in [0.717, 1.165) is 16.0 Å². The molecule has 0 bridgehead atoms. The van der Waals surface area contributed by atoms with Crippen molar-refractivity contribution in [3.05, 3.63) is 54.7 Å². The van der Waals surface area contributed by atoms with Crippen molar-refractivity contribution in [2.45, 2.75) is 39.4 Å². The van der Waals surface area contributed by atoms with Crippen molar-refractivity contribution >= 4 is 44.6 Å². The van der Waals surface area contributed by atoms with Gasteiger partial charge >= 0.3 is 5.69 Å². The molecule has 4 aromatic heterocycles. The van der Waals surface area contributed by atoms with Crippen LogP contribution in [0.25, 0.3) is 16.0 Å². The first kappa shape index (κ1) is 18.6. The third-order valence-electron chi connectivity index (χ3n) is 4.60. The molecule has 1 atom stereocenters. The maximum absolute atomic E-state index is 13.0. The van der Waals surface area contributed by atoms with Gasteiger partial charge in [-0.1, -0.05) is 13.0 Å². The average Bonchev–Trinajstić information content (AvgIpc) is 3.40. The monoisotopic (exact) mass is 417 g/mol. The van der Waals surface area contributed by atoms with Gasteiger partial charge in [0.1, 0.15) is 11.2 Å². The maximum atomic E-state index is 13.0. The van der Waals surface area contributed by atoms with E-state index >= 15 is 0 Å². The summed E-state index contributed by atoms with van der Waals surface area (Å²) in [5.74, 6) is -0.0424.